The molecule has 1 heterocycles. The molecule has 3 nitrogen and oxygen atoms in total. The van der Waals surface area contributed by atoms with Crippen LogP contribution in [-0.2, 0) is 4.74 Å². The summed E-state index contributed by atoms with van der Waals surface area (Å²) in [4.78, 5) is 0. The first kappa shape index (κ1) is 14.1. The Balaban J connectivity index is 1.80. The summed E-state index contributed by atoms with van der Waals surface area (Å²) in [5.74, 6) is 0.917. The van der Waals surface area contributed by atoms with Crippen molar-refractivity contribution in [3.05, 3.63) is 65.7 Å². The highest BCUT2D eigenvalue weighted by Gasteiger charge is 2.26. The molecule has 0 radical (unpaired) electrons. The van der Waals surface area contributed by atoms with Crippen LogP contribution in [0, 0.1) is 0 Å². The first-order valence-corrected chi connectivity index (χ1v) is 7.51. The van der Waals surface area contributed by atoms with Gasteiger partial charge in [0.2, 0.25) is 0 Å². The van der Waals surface area contributed by atoms with Gasteiger partial charge >= 0.3 is 0 Å². The highest BCUT2D eigenvalue weighted by Crippen LogP contribution is 2.33. The van der Waals surface area contributed by atoms with Crippen LogP contribution in [0.2, 0.25) is 0 Å². The molecule has 3 heteroatoms. The SMILES string of the molecule is CCOc1ccccc1C1CNCC(c2ccccc2)O1. The molecule has 1 aliphatic heterocycles. The molecule has 1 N–H and O–H groups in total. The molecule has 2 atom stereocenters. The number of morpholine rings is 1. The van der Waals surface area contributed by atoms with Crippen LogP contribution in [0.15, 0.2) is 54.6 Å². The van der Waals surface area contributed by atoms with E-state index in [9.17, 15) is 0 Å². The fourth-order valence-corrected chi connectivity index (χ4v) is 2.72. The summed E-state index contributed by atoms with van der Waals surface area (Å²) < 4.78 is 12.0. The second-order valence-corrected chi connectivity index (χ2v) is 5.15. The van der Waals surface area contributed by atoms with E-state index in [1.165, 1.54) is 5.56 Å². The van der Waals surface area contributed by atoms with E-state index in [4.69, 9.17) is 9.47 Å². The van der Waals surface area contributed by atoms with E-state index >= 15 is 0 Å². The second kappa shape index (κ2) is 6.74. The molecule has 1 aliphatic rings. The normalized spacial score (nSPS) is 22.0. The van der Waals surface area contributed by atoms with Gasteiger partial charge in [0.05, 0.1) is 18.8 Å². The zero-order valence-corrected chi connectivity index (χ0v) is 12.3. The molecule has 1 fully saturated rings. The molecular formula is C18H21NO2. The van der Waals surface area contributed by atoms with Gasteiger partial charge in [0, 0.05) is 18.7 Å². The van der Waals surface area contributed by atoms with Gasteiger partial charge in [0.15, 0.2) is 0 Å². The minimum Gasteiger partial charge on any atom is -0.493 e. The molecule has 110 valence electrons. The molecule has 2 unspecified atom stereocenters. The minimum atomic E-state index is 0.0201. The van der Waals surface area contributed by atoms with Crippen LogP contribution in [0.4, 0.5) is 0 Å². The quantitative estimate of drug-likeness (QED) is 0.931. The van der Waals surface area contributed by atoms with E-state index in [0.29, 0.717) is 6.61 Å². The van der Waals surface area contributed by atoms with Crippen molar-refractivity contribution in [2.75, 3.05) is 19.7 Å². The Labute approximate surface area is 125 Å². The molecule has 0 amide bonds. The van der Waals surface area contributed by atoms with Crippen molar-refractivity contribution < 1.29 is 9.47 Å². The number of hydrogen-bond donors (Lipinski definition) is 1. The number of para-hydroxylation sites is 1. The number of rotatable bonds is 4. The topological polar surface area (TPSA) is 30.5 Å². The lowest BCUT2D eigenvalue weighted by Gasteiger charge is -2.32. The van der Waals surface area contributed by atoms with E-state index < -0.39 is 0 Å². The number of hydrogen-bond acceptors (Lipinski definition) is 3. The fourth-order valence-electron chi connectivity index (χ4n) is 2.72. The molecule has 0 bridgehead atoms. The van der Waals surface area contributed by atoms with Gasteiger partial charge in [0.25, 0.3) is 0 Å². The zero-order chi connectivity index (χ0) is 14.5. The third kappa shape index (κ3) is 3.26. The highest BCUT2D eigenvalue weighted by atomic mass is 16.5. The Hall–Kier alpha value is -1.84. The maximum Gasteiger partial charge on any atom is 0.125 e. The van der Waals surface area contributed by atoms with Crippen LogP contribution in [0.5, 0.6) is 5.75 Å². The van der Waals surface area contributed by atoms with Gasteiger partial charge in [-0.25, -0.2) is 0 Å². The number of nitrogens with one attached hydrogen (secondary N) is 1. The van der Waals surface area contributed by atoms with Crippen LogP contribution in [0.25, 0.3) is 0 Å². The lowest BCUT2D eigenvalue weighted by atomic mass is 10.0. The summed E-state index contributed by atoms with van der Waals surface area (Å²) in [6, 6.07) is 18.5. The minimum absolute atomic E-state index is 0.0201. The molecular weight excluding hydrogens is 262 g/mol. The average molecular weight is 283 g/mol. The summed E-state index contributed by atoms with van der Waals surface area (Å²) >= 11 is 0. The van der Waals surface area contributed by atoms with Crippen molar-refractivity contribution in [3.63, 3.8) is 0 Å². The summed E-state index contributed by atoms with van der Waals surface area (Å²) in [5.41, 5.74) is 2.33. The molecule has 0 spiro atoms. The van der Waals surface area contributed by atoms with Crippen molar-refractivity contribution in [3.8, 4) is 5.75 Å². The molecule has 1 saturated heterocycles. The third-order valence-corrected chi connectivity index (χ3v) is 3.73. The van der Waals surface area contributed by atoms with Crippen molar-refractivity contribution in [1.29, 1.82) is 0 Å². The predicted octanol–water partition coefficient (Wildman–Crippen LogP) is 3.49. The van der Waals surface area contributed by atoms with E-state index in [2.05, 4.69) is 35.6 Å². The maximum absolute atomic E-state index is 6.30. The van der Waals surface area contributed by atoms with Crippen LogP contribution in [-0.4, -0.2) is 19.7 Å². The molecule has 0 aromatic heterocycles. The van der Waals surface area contributed by atoms with Gasteiger partial charge in [-0.15, -0.1) is 0 Å². The van der Waals surface area contributed by atoms with E-state index in [1.807, 2.05) is 31.2 Å². The highest BCUT2D eigenvalue weighted by molar-refractivity contribution is 5.36. The summed E-state index contributed by atoms with van der Waals surface area (Å²) in [7, 11) is 0. The Morgan fingerprint density at radius 2 is 1.71 bits per heavy atom. The fraction of sp³-hybridized carbons (Fsp3) is 0.333. The van der Waals surface area contributed by atoms with Gasteiger partial charge in [-0.05, 0) is 18.6 Å². The van der Waals surface area contributed by atoms with Gasteiger partial charge < -0.3 is 14.8 Å². The van der Waals surface area contributed by atoms with Gasteiger partial charge in [-0.2, -0.15) is 0 Å². The van der Waals surface area contributed by atoms with Gasteiger partial charge in [0.1, 0.15) is 5.75 Å². The number of ether oxygens (including phenoxy) is 2. The van der Waals surface area contributed by atoms with Crippen LogP contribution >= 0.6 is 0 Å². The van der Waals surface area contributed by atoms with E-state index in [0.717, 1.165) is 24.4 Å². The Morgan fingerprint density at radius 3 is 2.52 bits per heavy atom. The first-order chi connectivity index (χ1) is 10.4. The van der Waals surface area contributed by atoms with Crippen LogP contribution in [0.1, 0.15) is 30.3 Å². The average Bonchev–Trinajstić information content (AvgIpc) is 2.57. The molecule has 3 rings (SSSR count). The Kier molecular flexibility index (Phi) is 4.53. The lowest BCUT2D eigenvalue weighted by Crippen LogP contribution is -2.36. The monoisotopic (exact) mass is 283 g/mol. The van der Waals surface area contributed by atoms with Crippen molar-refractivity contribution >= 4 is 0 Å². The van der Waals surface area contributed by atoms with Crippen molar-refractivity contribution in [1.82, 2.24) is 5.32 Å². The number of benzene rings is 2. The zero-order valence-electron chi connectivity index (χ0n) is 12.3. The molecule has 0 saturated carbocycles. The van der Waals surface area contributed by atoms with E-state index in [1.54, 1.807) is 0 Å². The summed E-state index contributed by atoms with van der Waals surface area (Å²) in [6.45, 7) is 4.33. The van der Waals surface area contributed by atoms with E-state index in [-0.39, 0.29) is 12.2 Å². The first-order valence-electron chi connectivity index (χ1n) is 7.51. The van der Waals surface area contributed by atoms with Crippen LogP contribution < -0.4 is 10.1 Å². The lowest BCUT2D eigenvalue weighted by molar-refractivity contribution is -0.0416. The Morgan fingerprint density at radius 1 is 1.00 bits per heavy atom. The van der Waals surface area contributed by atoms with Crippen LogP contribution in [0.3, 0.4) is 0 Å². The second-order valence-electron chi connectivity index (χ2n) is 5.15. The third-order valence-electron chi connectivity index (χ3n) is 3.73. The van der Waals surface area contributed by atoms with Gasteiger partial charge in [-0.1, -0.05) is 48.5 Å². The largest absolute Gasteiger partial charge is 0.493 e. The van der Waals surface area contributed by atoms with Crippen molar-refractivity contribution in [2.45, 2.75) is 19.1 Å². The molecule has 2 aromatic rings. The molecule has 2 aromatic carbocycles. The summed E-state index contributed by atoms with van der Waals surface area (Å²) in [5, 5.41) is 3.47. The van der Waals surface area contributed by atoms with Crippen molar-refractivity contribution in [2.24, 2.45) is 0 Å². The standard InChI is InChI=1S/C18H21NO2/c1-2-20-16-11-7-6-10-15(16)18-13-19-12-17(21-18)14-8-4-3-5-9-14/h3-11,17-19H,2,12-13H2,1H3. The van der Waals surface area contributed by atoms with Gasteiger partial charge in [-0.3, -0.25) is 0 Å². The summed E-state index contributed by atoms with van der Waals surface area (Å²) in [6.07, 6.45) is 0.103. The smallest absolute Gasteiger partial charge is 0.125 e. The molecule has 0 aliphatic carbocycles. The Bertz CT molecular complexity index is 570. The molecule has 21 heavy (non-hydrogen) atoms. The predicted molar refractivity (Wildman–Crippen MR) is 83.5 cm³/mol. The maximum atomic E-state index is 6.30.